The fraction of sp³-hybridized carbons (Fsp3) is 0.462. The standard InChI is InChI=1S/C13H17FNO2/c1-5-15(17-13(2,3)4)12(16)10-6-8-11(14)9-7-10/h6,8-9H,5H2,1-4H3. The van der Waals surface area contributed by atoms with E-state index < -0.39 is 11.4 Å². The second-order valence-electron chi connectivity index (χ2n) is 4.62. The Labute approximate surface area is 101 Å². The van der Waals surface area contributed by atoms with E-state index in [0.717, 1.165) is 6.07 Å². The first kappa shape index (κ1) is 13.6. The summed E-state index contributed by atoms with van der Waals surface area (Å²) in [6.45, 7) is 7.81. The van der Waals surface area contributed by atoms with Crippen molar-refractivity contribution >= 4 is 5.91 Å². The lowest BCUT2D eigenvalue weighted by molar-refractivity contribution is -0.193. The molecule has 0 saturated heterocycles. The number of rotatable bonds is 3. The molecule has 0 saturated carbocycles. The van der Waals surface area contributed by atoms with Gasteiger partial charge in [-0.25, -0.2) is 9.45 Å². The van der Waals surface area contributed by atoms with Gasteiger partial charge in [0.25, 0.3) is 5.91 Å². The van der Waals surface area contributed by atoms with Crippen molar-refractivity contribution in [1.29, 1.82) is 0 Å². The summed E-state index contributed by atoms with van der Waals surface area (Å²) in [6, 6.07) is 6.35. The summed E-state index contributed by atoms with van der Waals surface area (Å²) >= 11 is 0. The first-order chi connectivity index (χ1) is 7.83. The van der Waals surface area contributed by atoms with Gasteiger partial charge < -0.3 is 0 Å². The first-order valence-electron chi connectivity index (χ1n) is 5.51. The quantitative estimate of drug-likeness (QED) is 0.758. The summed E-state index contributed by atoms with van der Waals surface area (Å²) in [5.74, 6) is -0.733. The number of nitrogens with zero attached hydrogens (tertiary/aromatic N) is 1. The van der Waals surface area contributed by atoms with Gasteiger partial charge in [0.1, 0.15) is 5.82 Å². The highest BCUT2D eigenvalue weighted by Gasteiger charge is 2.21. The highest BCUT2D eigenvalue weighted by Crippen LogP contribution is 2.13. The summed E-state index contributed by atoms with van der Waals surface area (Å²) in [5, 5.41) is 1.25. The van der Waals surface area contributed by atoms with E-state index in [1.165, 1.54) is 17.2 Å². The highest BCUT2D eigenvalue weighted by molar-refractivity contribution is 5.93. The lowest BCUT2D eigenvalue weighted by atomic mass is 10.2. The molecule has 0 heterocycles. The zero-order chi connectivity index (χ0) is 13.1. The first-order valence-corrected chi connectivity index (χ1v) is 5.51. The molecule has 0 atom stereocenters. The summed E-state index contributed by atoms with van der Waals surface area (Å²) in [5.41, 5.74) is -0.163. The Kier molecular flexibility index (Phi) is 4.23. The van der Waals surface area contributed by atoms with Gasteiger partial charge >= 0.3 is 0 Å². The van der Waals surface area contributed by atoms with Gasteiger partial charge in [-0.15, -0.1) is 0 Å². The molecule has 0 fully saturated rings. The summed E-state index contributed by atoms with van der Waals surface area (Å²) in [7, 11) is 0. The normalized spacial score (nSPS) is 11.4. The second-order valence-corrected chi connectivity index (χ2v) is 4.62. The number of carbonyl (C=O) groups is 1. The number of hydrogen-bond acceptors (Lipinski definition) is 2. The van der Waals surface area contributed by atoms with E-state index in [9.17, 15) is 9.18 Å². The third-order valence-electron chi connectivity index (χ3n) is 1.90. The van der Waals surface area contributed by atoms with Crippen LogP contribution in [-0.4, -0.2) is 23.1 Å². The van der Waals surface area contributed by atoms with Crippen LogP contribution in [-0.2, 0) is 4.84 Å². The minimum absolute atomic E-state index is 0.289. The Hall–Kier alpha value is -1.42. The molecule has 0 aromatic heterocycles. The van der Waals surface area contributed by atoms with E-state index >= 15 is 0 Å². The third kappa shape index (κ3) is 4.15. The average molecular weight is 238 g/mol. The smallest absolute Gasteiger partial charge is 0.267 e. The number of hydrogen-bond donors (Lipinski definition) is 0. The van der Waals surface area contributed by atoms with Crippen molar-refractivity contribution in [2.75, 3.05) is 6.54 Å². The predicted octanol–water partition coefficient (Wildman–Crippen LogP) is 2.82. The van der Waals surface area contributed by atoms with Crippen LogP contribution in [0.4, 0.5) is 4.39 Å². The van der Waals surface area contributed by atoms with E-state index in [0.29, 0.717) is 6.54 Å². The molecule has 1 aromatic rings. The van der Waals surface area contributed by atoms with E-state index in [2.05, 4.69) is 6.07 Å². The van der Waals surface area contributed by atoms with Crippen molar-refractivity contribution in [3.63, 3.8) is 0 Å². The van der Waals surface area contributed by atoms with Gasteiger partial charge in [-0.1, -0.05) is 0 Å². The number of hydroxylamine groups is 2. The molecular weight excluding hydrogens is 221 g/mol. The monoisotopic (exact) mass is 238 g/mol. The maximum Gasteiger partial charge on any atom is 0.278 e. The Balaban J connectivity index is 2.83. The molecule has 4 heteroatoms. The lowest BCUT2D eigenvalue weighted by Crippen LogP contribution is -2.38. The molecule has 0 aliphatic carbocycles. The number of halogens is 1. The predicted molar refractivity (Wildman–Crippen MR) is 62.8 cm³/mol. The molecule has 0 spiro atoms. The SMILES string of the molecule is CCN(OC(C)(C)C)C(=O)c1[c]cc(F)cc1. The molecule has 17 heavy (non-hydrogen) atoms. The molecule has 0 bridgehead atoms. The number of benzene rings is 1. The largest absolute Gasteiger partial charge is 0.278 e. The van der Waals surface area contributed by atoms with Crippen molar-refractivity contribution in [1.82, 2.24) is 5.06 Å². The van der Waals surface area contributed by atoms with Gasteiger partial charge in [0, 0.05) is 12.1 Å². The van der Waals surface area contributed by atoms with Crippen LogP contribution in [0, 0.1) is 11.9 Å². The third-order valence-corrected chi connectivity index (χ3v) is 1.90. The molecule has 1 aromatic carbocycles. The van der Waals surface area contributed by atoms with Gasteiger partial charge in [0.15, 0.2) is 0 Å². The fourth-order valence-electron chi connectivity index (χ4n) is 1.25. The maximum absolute atomic E-state index is 12.7. The van der Waals surface area contributed by atoms with Gasteiger partial charge in [0.2, 0.25) is 0 Å². The number of amides is 1. The van der Waals surface area contributed by atoms with Crippen LogP contribution in [0.25, 0.3) is 0 Å². The molecule has 1 rings (SSSR count). The average Bonchev–Trinajstić information content (AvgIpc) is 2.25. The molecule has 0 aliphatic rings. The van der Waals surface area contributed by atoms with Crippen LogP contribution >= 0.6 is 0 Å². The van der Waals surface area contributed by atoms with E-state index in [1.54, 1.807) is 0 Å². The van der Waals surface area contributed by atoms with E-state index in [4.69, 9.17) is 4.84 Å². The zero-order valence-corrected chi connectivity index (χ0v) is 10.6. The van der Waals surface area contributed by atoms with Crippen molar-refractivity contribution < 1.29 is 14.0 Å². The fourth-order valence-corrected chi connectivity index (χ4v) is 1.25. The Morgan fingerprint density at radius 2 is 2.12 bits per heavy atom. The highest BCUT2D eigenvalue weighted by atomic mass is 19.1. The number of carbonyl (C=O) groups excluding carboxylic acids is 1. The lowest BCUT2D eigenvalue weighted by Gasteiger charge is -2.28. The van der Waals surface area contributed by atoms with Crippen LogP contribution in [0.15, 0.2) is 18.2 Å². The summed E-state index contributed by atoms with van der Waals surface area (Å²) in [4.78, 5) is 17.5. The molecule has 1 radical (unpaired) electrons. The molecule has 0 unspecified atom stereocenters. The summed E-state index contributed by atoms with van der Waals surface area (Å²) < 4.78 is 12.7. The molecular formula is C13H17FNO2. The molecule has 0 N–H and O–H groups in total. The van der Waals surface area contributed by atoms with Crippen LogP contribution < -0.4 is 0 Å². The van der Waals surface area contributed by atoms with E-state index in [1.807, 2.05) is 27.7 Å². The van der Waals surface area contributed by atoms with Crippen molar-refractivity contribution in [2.24, 2.45) is 0 Å². The Morgan fingerprint density at radius 1 is 1.47 bits per heavy atom. The Bertz CT molecular complexity index is 381. The zero-order valence-electron chi connectivity index (χ0n) is 10.6. The van der Waals surface area contributed by atoms with Crippen LogP contribution in [0.2, 0.25) is 0 Å². The van der Waals surface area contributed by atoms with E-state index in [-0.39, 0.29) is 11.5 Å². The Morgan fingerprint density at radius 3 is 2.53 bits per heavy atom. The molecule has 3 nitrogen and oxygen atoms in total. The van der Waals surface area contributed by atoms with Gasteiger partial charge in [-0.2, -0.15) is 0 Å². The topological polar surface area (TPSA) is 29.5 Å². The van der Waals surface area contributed by atoms with Crippen LogP contribution in [0.1, 0.15) is 38.1 Å². The minimum atomic E-state index is -0.453. The summed E-state index contributed by atoms with van der Waals surface area (Å²) in [6.07, 6.45) is 0. The van der Waals surface area contributed by atoms with Gasteiger partial charge in [0.05, 0.1) is 5.60 Å². The van der Waals surface area contributed by atoms with Crippen LogP contribution in [0.5, 0.6) is 0 Å². The molecule has 93 valence electrons. The van der Waals surface area contributed by atoms with Crippen molar-refractivity contribution in [3.05, 3.63) is 35.6 Å². The second kappa shape index (κ2) is 5.27. The van der Waals surface area contributed by atoms with Gasteiger partial charge in [-0.05, 0) is 52.0 Å². The van der Waals surface area contributed by atoms with Gasteiger partial charge in [-0.3, -0.25) is 9.63 Å². The minimum Gasteiger partial charge on any atom is -0.267 e. The molecule has 1 amide bonds. The maximum atomic E-state index is 12.7. The van der Waals surface area contributed by atoms with Crippen molar-refractivity contribution in [2.45, 2.75) is 33.3 Å². The van der Waals surface area contributed by atoms with Crippen molar-refractivity contribution in [3.8, 4) is 0 Å². The molecule has 0 aliphatic heterocycles. The van der Waals surface area contributed by atoms with Crippen LogP contribution in [0.3, 0.4) is 0 Å².